The summed E-state index contributed by atoms with van der Waals surface area (Å²) in [7, 11) is -0.362. The van der Waals surface area contributed by atoms with Crippen molar-refractivity contribution in [3.05, 3.63) is 96.4 Å². The smallest absolute Gasteiger partial charge is 0.281 e. The number of sulfonamides is 1. The molecule has 44 heavy (non-hydrogen) atoms. The summed E-state index contributed by atoms with van der Waals surface area (Å²) in [5.74, 6) is -0.314. The van der Waals surface area contributed by atoms with E-state index >= 15 is 0 Å². The maximum Gasteiger partial charge on any atom is 0.281 e. The number of hydrogen-bond acceptors (Lipinski definition) is 7. The number of carbonyl (C=O) groups excluding carboxylic acids is 1. The summed E-state index contributed by atoms with van der Waals surface area (Å²) in [6, 6.07) is 23.1. The Kier molecular flexibility index (Phi) is 9.38. The number of ether oxygens (including phenoxy) is 1. The zero-order valence-corrected chi connectivity index (χ0v) is 26.2. The van der Waals surface area contributed by atoms with Crippen molar-refractivity contribution in [1.29, 1.82) is 0 Å². The minimum absolute atomic E-state index is 0.135. The van der Waals surface area contributed by atoms with Crippen LogP contribution in [0.5, 0.6) is 5.75 Å². The molecule has 1 aliphatic heterocycles. The molecule has 1 aliphatic rings. The molecular formula is C33H39N5O5S. The van der Waals surface area contributed by atoms with Crippen molar-refractivity contribution in [2.24, 2.45) is 13.0 Å². The van der Waals surface area contributed by atoms with Crippen molar-refractivity contribution in [1.82, 2.24) is 19.4 Å². The molecule has 1 aromatic heterocycles. The second kappa shape index (κ2) is 13.2. The normalized spacial score (nSPS) is 17.9. The lowest BCUT2D eigenvalue weighted by atomic mass is 9.98. The second-order valence-corrected chi connectivity index (χ2v) is 13.2. The van der Waals surface area contributed by atoms with E-state index in [-0.39, 0.29) is 40.5 Å². The number of amides is 1. The van der Waals surface area contributed by atoms with Gasteiger partial charge in [-0.2, -0.15) is 8.42 Å². The van der Waals surface area contributed by atoms with Gasteiger partial charge < -0.3 is 19.3 Å². The van der Waals surface area contributed by atoms with Gasteiger partial charge in [0.15, 0.2) is 10.8 Å². The fourth-order valence-electron chi connectivity index (χ4n) is 5.38. The maximum atomic E-state index is 13.8. The molecule has 0 saturated carbocycles. The van der Waals surface area contributed by atoms with E-state index in [1.165, 1.54) is 12.5 Å². The van der Waals surface area contributed by atoms with Gasteiger partial charge >= 0.3 is 0 Å². The first-order chi connectivity index (χ1) is 21.1. The van der Waals surface area contributed by atoms with Gasteiger partial charge in [0.2, 0.25) is 0 Å². The van der Waals surface area contributed by atoms with Crippen LogP contribution < -0.4 is 9.46 Å². The molecular weight excluding hydrogens is 578 g/mol. The first-order valence-electron chi connectivity index (χ1n) is 14.6. The van der Waals surface area contributed by atoms with Gasteiger partial charge in [-0.15, -0.1) is 0 Å². The molecule has 2 N–H and O–H groups in total. The van der Waals surface area contributed by atoms with Crippen molar-refractivity contribution >= 4 is 21.6 Å². The SMILES string of the molecule is C[C@@H]1CN([C@@H](C)CO)C(=O)c2cccc(NS(=O)(=O)c3cn(C)cn3)c2O[C@@H]1CN(C)Cc1ccc(-c2ccccc2)cc1. The van der Waals surface area contributed by atoms with Crippen molar-refractivity contribution in [2.75, 3.05) is 31.5 Å². The Bertz CT molecular complexity index is 1690. The van der Waals surface area contributed by atoms with Crippen LogP contribution in [0.3, 0.4) is 0 Å². The number of aromatic nitrogens is 2. The van der Waals surface area contributed by atoms with Gasteiger partial charge in [-0.25, -0.2) is 4.98 Å². The summed E-state index contributed by atoms with van der Waals surface area (Å²) in [5.41, 5.74) is 3.82. The number of fused-ring (bicyclic) bond motifs is 1. The molecule has 232 valence electrons. The van der Waals surface area contributed by atoms with E-state index in [4.69, 9.17) is 4.74 Å². The number of nitrogens with zero attached hydrogens (tertiary/aromatic N) is 4. The number of benzene rings is 3. The van der Waals surface area contributed by atoms with E-state index in [1.54, 1.807) is 41.6 Å². The predicted octanol–water partition coefficient (Wildman–Crippen LogP) is 4.24. The summed E-state index contributed by atoms with van der Waals surface area (Å²) in [6.07, 6.45) is 2.41. The largest absolute Gasteiger partial charge is 0.486 e. The minimum atomic E-state index is -4.05. The van der Waals surface area contributed by atoms with Crippen LogP contribution in [-0.2, 0) is 23.6 Å². The lowest BCUT2D eigenvalue weighted by Gasteiger charge is -2.38. The average molecular weight is 618 g/mol. The Morgan fingerprint density at radius 3 is 2.43 bits per heavy atom. The molecule has 0 unspecified atom stereocenters. The number of likely N-dealkylation sites (N-methyl/N-ethyl adjacent to an activating group) is 1. The molecule has 4 aromatic rings. The summed E-state index contributed by atoms with van der Waals surface area (Å²) in [5, 5.41) is 9.83. The molecule has 0 spiro atoms. The van der Waals surface area contributed by atoms with Crippen LogP contribution in [0.25, 0.3) is 11.1 Å². The van der Waals surface area contributed by atoms with E-state index in [2.05, 4.69) is 51.0 Å². The Morgan fingerprint density at radius 1 is 1.07 bits per heavy atom. The zero-order valence-electron chi connectivity index (χ0n) is 25.4. The number of carbonyl (C=O) groups is 1. The number of rotatable bonds is 10. The first kappa shape index (κ1) is 31.2. The average Bonchev–Trinajstić information content (AvgIpc) is 3.47. The summed E-state index contributed by atoms with van der Waals surface area (Å²) >= 11 is 0. The quantitative estimate of drug-likeness (QED) is 0.273. The number of aliphatic hydroxyl groups is 1. The summed E-state index contributed by atoms with van der Waals surface area (Å²) in [6.45, 7) is 5.14. The molecule has 3 atom stereocenters. The number of nitrogens with one attached hydrogen (secondary N) is 1. The molecule has 5 rings (SSSR count). The topological polar surface area (TPSA) is 117 Å². The van der Waals surface area contributed by atoms with Gasteiger partial charge in [-0.3, -0.25) is 14.4 Å². The molecule has 10 nitrogen and oxygen atoms in total. The van der Waals surface area contributed by atoms with Gasteiger partial charge in [-0.05, 0) is 42.8 Å². The minimum Gasteiger partial charge on any atom is -0.486 e. The highest BCUT2D eigenvalue weighted by Crippen LogP contribution is 2.36. The summed E-state index contributed by atoms with van der Waals surface area (Å²) < 4.78 is 37.1. The molecule has 0 bridgehead atoms. The number of anilines is 1. The molecule has 3 aromatic carbocycles. The van der Waals surface area contributed by atoms with E-state index in [1.807, 2.05) is 32.2 Å². The van der Waals surface area contributed by atoms with Crippen molar-refractivity contribution < 1.29 is 23.1 Å². The standard InChI is InChI=1S/C33H39N5O5S/c1-23-17-38(24(2)21-39)33(40)28-11-8-12-29(35-44(41,42)31-20-37(4)22-34-31)32(28)43-30(23)19-36(3)18-25-13-15-27(16-14-25)26-9-6-5-7-10-26/h5-16,20,22-24,30,35,39H,17-19,21H2,1-4H3/t23-,24+,30-/m1/s1. The fraction of sp³-hybridized carbons (Fsp3) is 0.333. The molecule has 0 fully saturated rings. The lowest BCUT2D eigenvalue weighted by molar-refractivity contribution is 0.0344. The highest BCUT2D eigenvalue weighted by molar-refractivity contribution is 7.92. The van der Waals surface area contributed by atoms with Crippen LogP contribution in [0.4, 0.5) is 5.69 Å². The third kappa shape index (κ3) is 6.96. The second-order valence-electron chi connectivity index (χ2n) is 11.5. The van der Waals surface area contributed by atoms with E-state index in [0.29, 0.717) is 19.6 Å². The predicted molar refractivity (Wildman–Crippen MR) is 170 cm³/mol. The zero-order chi connectivity index (χ0) is 31.4. The van der Waals surface area contributed by atoms with E-state index in [9.17, 15) is 18.3 Å². The van der Waals surface area contributed by atoms with Gasteiger partial charge in [0.05, 0.1) is 30.2 Å². The highest BCUT2D eigenvalue weighted by atomic mass is 32.2. The van der Waals surface area contributed by atoms with Gasteiger partial charge in [-0.1, -0.05) is 67.6 Å². The van der Waals surface area contributed by atoms with Crippen LogP contribution in [0.1, 0.15) is 29.8 Å². The van der Waals surface area contributed by atoms with E-state index in [0.717, 1.165) is 16.7 Å². The molecule has 2 heterocycles. The van der Waals surface area contributed by atoms with Crippen LogP contribution >= 0.6 is 0 Å². The fourth-order valence-corrected chi connectivity index (χ4v) is 6.43. The number of aliphatic hydroxyl groups excluding tert-OH is 1. The Hall–Kier alpha value is -4.19. The molecule has 0 aliphatic carbocycles. The highest BCUT2D eigenvalue weighted by Gasteiger charge is 2.35. The first-order valence-corrected chi connectivity index (χ1v) is 16.1. The number of hydrogen-bond donors (Lipinski definition) is 2. The number of aryl methyl sites for hydroxylation is 1. The molecule has 1 amide bonds. The molecule has 0 radical (unpaired) electrons. The van der Waals surface area contributed by atoms with Crippen LogP contribution in [0, 0.1) is 5.92 Å². The van der Waals surface area contributed by atoms with Gasteiger partial charge in [0, 0.05) is 38.8 Å². The number of para-hydroxylation sites is 1. The van der Waals surface area contributed by atoms with Gasteiger partial charge in [0.1, 0.15) is 6.10 Å². The van der Waals surface area contributed by atoms with Crippen molar-refractivity contribution in [3.63, 3.8) is 0 Å². The monoisotopic (exact) mass is 617 g/mol. The molecule has 11 heteroatoms. The third-order valence-corrected chi connectivity index (χ3v) is 9.15. The van der Waals surface area contributed by atoms with Crippen LogP contribution in [0.15, 0.2) is 90.3 Å². The van der Waals surface area contributed by atoms with Crippen LogP contribution in [-0.4, -0.2) is 77.7 Å². The Balaban J connectivity index is 1.42. The number of imidazole rings is 1. The maximum absolute atomic E-state index is 13.8. The molecule has 0 saturated heterocycles. The lowest BCUT2D eigenvalue weighted by Crippen LogP contribution is -2.49. The van der Waals surface area contributed by atoms with Crippen molar-refractivity contribution in [2.45, 2.75) is 37.6 Å². The van der Waals surface area contributed by atoms with Crippen LogP contribution in [0.2, 0.25) is 0 Å². The Labute approximate surface area is 259 Å². The van der Waals surface area contributed by atoms with Crippen molar-refractivity contribution in [3.8, 4) is 16.9 Å². The summed E-state index contributed by atoms with van der Waals surface area (Å²) in [4.78, 5) is 21.5. The van der Waals surface area contributed by atoms with E-state index < -0.39 is 22.2 Å². The third-order valence-electron chi connectivity index (χ3n) is 7.90. The van der Waals surface area contributed by atoms with Gasteiger partial charge in [0.25, 0.3) is 15.9 Å². The Morgan fingerprint density at radius 2 is 1.77 bits per heavy atom.